The van der Waals surface area contributed by atoms with E-state index in [1.807, 2.05) is 24.8 Å². The summed E-state index contributed by atoms with van der Waals surface area (Å²) in [6, 6.07) is 6.87. The number of nitrogens with one attached hydrogen (secondary N) is 3. The first-order chi connectivity index (χ1) is 11.9. The number of aliphatic imine (C=N–C) groups is 1. The van der Waals surface area contributed by atoms with E-state index in [9.17, 15) is 8.42 Å². The van der Waals surface area contributed by atoms with Crippen LogP contribution in [0.1, 0.15) is 32.3 Å². The molecule has 1 saturated heterocycles. The second-order valence-corrected chi connectivity index (χ2v) is 9.87. The van der Waals surface area contributed by atoms with Crippen LogP contribution in [0.15, 0.2) is 34.2 Å². The Hall–Kier alpha value is -0.520. The maximum Gasteiger partial charge on any atom is 0.240 e. The molecule has 148 valence electrons. The standard InChI is InChI=1S/C17H28N4O2S2.HI/c1-4-19-16(21-13-17(2)9-6-10-24-17)20-12-14-7-5-8-15(11-14)25(22,23)18-3;/h5,7-8,11,18H,4,6,9-10,12-13H2,1-3H3,(H2,19,20,21);1H. The van der Waals surface area contributed by atoms with E-state index in [-0.39, 0.29) is 33.6 Å². The van der Waals surface area contributed by atoms with E-state index >= 15 is 0 Å². The van der Waals surface area contributed by atoms with Gasteiger partial charge >= 0.3 is 0 Å². The molecule has 0 aromatic heterocycles. The zero-order chi connectivity index (χ0) is 18.3. The van der Waals surface area contributed by atoms with Crippen molar-refractivity contribution >= 4 is 51.7 Å². The average molecular weight is 512 g/mol. The summed E-state index contributed by atoms with van der Waals surface area (Å²) >= 11 is 2.01. The lowest BCUT2D eigenvalue weighted by Gasteiger charge is -2.24. The fourth-order valence-electron chi connectivity index (χ4n) is 2.69. The van der Waals surface area contributed by atoms with Crippen molar-refractivity contribution in [1.29, 1.82) is 0 Å². The largest absolute Gasteiger partial charge is 0.357 e. The Balaban J connectivity index is 0.00000338. The summed E-state index contributed by atoms with van der Waals surface area (Å²) in [7, 11) is -2.02. The molecular weight excluding hydrogens is 483 g/mol. The zero-order valence-corrected chi connectivity index (χ0v) is 19.5. The molecule has 1 atom stereocenters. The fraction of sp³-hybridized carbons (Fsp3) is 0.588. The number of nitrogens with zero attached hydrogens (tertiary/aromatic N) is 1. The van der Waals surface area contributed by atoms with Crippen LogP contribution >= 0.6 is 35.7 Å². The average Bonchev–Trinajstić information content (AvgIpc) is 3.04. The van der Waals surface area contributed by atoms with E-state index in [4.69, 9.17) is 0 Å². The van der Waals surface area contributed by atoms with E-state index in [2.05, 4.69) is 27.3 Å². The molecular formula is C17H29IN4O2S2. The van der Waals surface area contributed by atoms with Gasteiger partial charge in [-0.2, -0.15) is 11.8 Å². The minimum atomic E-state index is -3.43. The van der Waals surface area contributed by atoms with Gasteiger partial charge in [0.05, 0.1) is 11.4 Å². The van der Waals surface area contributed by atoms with Gasteiger partial charge in [0.25, 0.3) is 0 Å². The molecule has 1 aliphatic rings. The Morgan fingerprint density at radius 1 is 1.35 bits per heavy atom. The van der Waals surface area contributed by atoms with Crippen LogP contribution in [-0.2, 0) is 16.6 Å². The van der Waals surface area contributed by atoms with Crippen molar-refractivity contribution in [2.45, 2.75) is 42.9 Å². The van der Waals surface area contributed by atoms with Crippen molar-refractivity contribution in [1.82, 2.24) is 15.4 Å². The molecule has 6 nitrogen and oxygen atoms in total. The molecule has 1 heterocycles. The van der Waals surface area contributed by atoms with Crippen molar-refractivity contribution in [3.8, 4) is 0 Å². The Morgan fingerprint density at radius 3 is 2.73 bits per heavy atom. The molecule has 1 fully saturated rings. The van der Waals surface area contributed by atoms with Gasteiger partial charge in [-0.15, -0.1) is 24.0 Å². The SMILES string of the molecule is CCNC(=NCc1cccc(S(=O)(=O)NC)c1)NCC1(C)CCCS1.I. The Labute approximate surface area is 178 Å². The molecule has 26 heavy (non-hydrogen) atoms. The molecule has 0 saturated carbocycles. The number of sulfonamides is 1. The lowest BCUT2D eigenvalue weighted by atomic mass is 10.1. The van der Waals surface area contributed by atoms with Crippen LogP contribution in [0, 0.1) is 0 Å². The summed E-state index contributed by atoms with van der Waals surface area (Å²) < 4.78 is 26.4. The first kappa shape index (κ1) is 23.5. The summed E-state index contributed by atoms with van der Waals surface area (Å²) in [5.74, 6) is 1.98. The molecule has 1 aromatic rings. The van der Waals surface area contributed by atoms with E-state index in [0.29, 0.717) is 6.54 Å². The Morgan fingerprint density at radius 2 is 2.12 bits per heavy atom. The van der Waals surface area contributed by atoms with E-state index in [0.717, 1.165) is 24.6 Å². The monoisotopic (exact) mass is 512 g/mol. The van der Waals surface area contributed by atoms with Gasteiger partial charge in [0.15, 0.2) is 5.96 Å². The number of guanidine groups is 1. The molecule has 9 heteroatoms. The third-order valence-electron chi connectivity index (χ3n) is 4.17. The minimum absolute atomic E-state index is 0. The third-order valence-corrected chi connectivity index (χ3v) is 7.12. The fourth-order valence-corrected chi connectivity index (χ4v) is 4.73. The molecule has 1 aliphatic heterocycles. The van der Waals surface area contributed by atoms with Crippen molar-refractivity contribution < 1.29 is 8.42 Å². The highest BCUT2D eigenvalue weighted by Gasteiger charge is 2.29. The predicted octanol–water partition coefficient (Wildman–Crippen LogP) is 2.55. The lowest BCUT2D eigenvalue weighted by Crippen LogP contribution is -2.43. The van der Waals surface area contributed by atoms with Crippen LogP contribution in [0.4, 0.5) is 0 Å². The van der Waals surface area contributed by atoms with Gasteiger partial charge in [0.1, 0.15) is 0 Å². The molecule has 2 rings (SSSR count). The van der Waals surface area contributed by atoms with Gasteiger partial charge < -0.3 is 10.6 Å². The molecule has 0 amide bonds. The lowest BCUT2D eigenvalue weighted by molar-refractivity contribution is 0.584. The highest BCUT2D eigenvalue weighted by atomic mass is 127. The van der Waals surface area contributed by atoms with E-state index < -0.39 is 10.0 Å². The van der Waals surface area contributed by atoms with E-state index in [1.165, 1.54) is 25.6 Å². The normalized spacial score (nSPS) is 20.5. The maximum absolute atomic E-state index is 11.9. The number of rotatable bonds is 7. The molecule has 3 N–H and O–H groups in total. The van der Waals surface area contributed by atoms with Crippen molar-refractivity contribution in [2.24, 2.45) is 4.99 Å². The van der Waals surface area contributed by atoms with Gasteiger partial charge in [0, 0.05) is 17.8 Å². The predicted molar refractivity (Wildman–Crippen MR) is 121 cm³/mol. The number of hydrogen-bond donors (Lipinski definition) is 3. The summed E-state index contributed by atoms with van der Waals surface area (Å²) in [5.41, 5.74) is 0.856. The van der Waals surface area contributed by atoms with E-state index in [1.54, 1.807) is 18.2 Å². The first-order valence-corrected chi connectivity index (χ1v) is 11.0. The van der Waals surface area contributed by atoms with Crippen LogP contribution < -0.4 is 15.4 Å². The molecule has 1 aromatic carbocycles. The highest BCUT2D eigenvalue weighted by Crippen LogP contribution is 2.36. The number of hydrogen-bond acceptors (Lipinski definition) is 4. The topological polar surface area (TPSA) is 82.6 Å². The first-order valence-electron chi connectivity index (χ1n) is 8.57. The van der Waals surface area contributed by atoms with Crippen molar-refractivity contribution in [3.63, 3.8) is 0 Å². The van der Waals surface area contributed by atoms with Gasteiger partial charge in [-0.05, 0) is 57.2 Å². The van der Waals surface area contributed by atoms with Gasteiger partial charge in [0.2, 0.25) is 10.0 Å². The van der Waals surface area contributed by atoms with Gasteiger partial charge in [-0.25, -0.2) is 18.1 Å². The highest BCUT2D eigenvalue weighted by molar-refractivity contribution is 14.0. The Bertz CT molecular complexity index is 704. The number of benzene rings is 1. The molecule has 0 spiro atoms. The molecule has 0 aliphatic carbocycles. The maximum atomic E-state index is 11.9. The second-order valence-electron chi connectivity index (χ2n) is 6.31. The summed E-state index contributed by atoms with van der Waals surface area (Å²) in [4.78, 5) is 4.85. The minimum Gasteiger partial charge on any atom is -0.357 e. The smallest absolute Gasteiger partial charge is 0.240 e. The van der Waals surface area contributed by atoms with Crippen LogP contribution in [0.3, 0.4) is 0 Å². The van der Waals surface area contributed by atoms with Crippen LogP contribution in [0.25, 0.3) is 0 Å². The van der Waals surface area contributed by atoms with Crippen LogP contribution in [0.5, 0.6) is 0 Å². The number of thioether (sulfide) groups is 1. The van der Waals surface area contributed by atoms with Gasteiger partial charge in [-0.1, -0.05) is 12.1 Å². The molecule has 1 unspecified atom stereocenters. The summed E-state index contributed by atoms with van der Waals surface area (Å²) in [6.07, 6.45) is 2.48. The Kier molecular flexibility index (Phi) is 9.70. The van der Waals surface area contributed by atoms with Crippen LogP contribution in [0.2, 0.25) is 0 Å². The van der Waals surface area contributed by atoms with Crippen molar-refractivity contribution in [3.05, 3.63) is 29.8 Å². The quantitative estimate of drug-likeness (QED) is 0.297. The zero-order valence-electron chi connectivity index (χ0n) is 15.5. The van der Waals surface area contributed by atoms with Crippen LogP contribution in [-0.4, -0.2) is 45.0 Å². The summed E-state index contributed by atoms with van der Waals surface area (Å²) in [6.45, 7) is 6.39. The molecule has 0 radical (unpaired) electrons. The van der Waals surface area contributed by atoms with Crippen molar-refractivity contribution in [2.75, 3.05) is 25.9 Å². The second kappa shape index (κ2) is 10.7. The summed E-state index contributed by atoms with van der Waals surface area (Å²) in [5, 5.41) is 6.67. The number of halogens is 1. The molecule has 0 bridgehead atoms. The van der Waals surface area contributed by atoms with Gasteiger partial charge in [-0.3, -0.25) is 0 Å². The third kappa shape index (κ3) is 6.90.